The van der Waals surface area contributed by atoms with E-state index in [1.165, 1.54) is 44.1 Å². The van der Waals surface area contributed by atoms with Crippen LogP contribution in [0.3, 0.4) is 0 Å². The molecule has 1 amide bonds. The average Bonchev–Trinajstić information content (AvgIpc) is 2.70. The van der Waals surface area contributed by atoms with Crippen LogP contribution in [0.25, 0.3) is 5.76 Å². The number of phenols is 1. The summed E-state index contributed by atoms with van der Waals surface area (Å²) >= 11 is 0. The predicted octanol–water partition coefficient (Wildman–Crippen LogP) is -1.78. The van der Waals surface area contributed by atoms with Gasteiger partial charge >= 0.3 is 0 Å². The Labute approximate surface area is 223 Å². The summed E-state index contributed by atoms with van der Waals surface area (Å²) in [5.74, 6) is -9.67. The van der Waals surface area contributed by atoms with Gasteiger partial charge < -0.3 is 36.4 Å². The van der Waals surface area contributed by atoms with E-state index in [2.05, 4.69) is 0 Å². The molecule has 11 nitrogen and oxygen atoms in total. The molecule has 2 radical (unpaired) electrons. The van der Waals surface area contributed by atoms with Crippen LogP contribution in [0.5, 0.6) is 5.75 Å². The first kappa shape index (κ1) is 26.6. The molecule has 3 aliphatic carbocycles. The third-order valence-corrected chi connectivity index (χ3v) is 7.03. The van der Waals surface area contributed by atoms with Crippen LogP contribution in [0.1, 0.15) is 18.1 Å². The minimum atomic E-state index is -3.02. The third kappa shape index (κ3) is 3.12. The molecule has 178 valence electrons. The molecule has 0 aliphatic heterocycles. The zero-order chi connectivity index (χ0) is 24.8. The topological polar surface area (TPSA) is 202 Å². The summed E-state index contributed by atoms with van der Waals surface area (Å²) < 4.78 is 0. The maximum Gasteiger partial charge on any atom is 0.255 e. The first-order valence-electron chi connectivity index (χ1n) is 10.1. The number of amides is 1. The Balaban J connectivity index is 0.00000324. The van der Waals surface area contributed by atoms with E-state index in [4.69, 9.17) is 5.73 Å². The van der Waals surface area contributed by atoms with E-state index in [9.17, 15) is 45.0 Å². The number of ketones is 2. The second-order valence-corrected chi connectivity index (χ2v) is 9.06. The van der Waals surface area contributed by atoms with Crippen molar-refractivity contribution in [3.63, 3.8) is 0 Å². The maximum atomic E-state index is 13.7. The largest absolute Gasteiger partial charge is 0.508 e. The number of aliphatic hydroxyl groups excluding tert-OH is 3. The van der Waals surface area contributed by atoms with Gasteiger partial charge in [0.05, 0.1) is 40.7 Å². The van der Waals surface area contributed by atoms with Crippen molar-refractivity contribution in [2.45, 2.75) is 30.3 Å². The SMILES string of the molecule is CN(C)[C@@H]1C(=O)C(C(N)=O)=C(O)[C@@]2(O)C(=O)C3=C(O)c4c(O)cccc4[C@@](C)(O)[C@H]3[C@H](O)[C@@H]12.[Ca]. The average molecular weight is 501 g/mol. The number of hydrogen-bond donors (Lipinski definition) is 7. The van der Waals surface area contributed by atoms with E-state index < -0.39 is 81.1 Å². The molecule has 0 bridgehead atoms. The molecule has 12 heteroatoms. The van der Waals surface area contributed by atoms with E-state index in [1.54, 1.807) is 0 Å². The summed E-state index contributed by atoms with van der Waals surface area (Å²) in [4.78, 5) is 39.9. The minimum absolute atomic E-state index is 0. The van der Waals surface area contributed by atoms with Crippen molar-refractivity contribution in [3.8, 4) is 5.75 Å². The van der Waals surface area contributed by atoms with E-state index >= 15 is 0 Å². The molecule has 0 aromatic heterocycles. The molecule has 8 N–H and O–H groups in total. The molecule has 3 aliphatic rings. The van der Waals surface area contributed by atoms with Crippen LogP contribution in [-0.4, -0.2) is 123 Å². The Morgan fingerprint density at radius 3 is 2.24 bits per heavy atom. The van der Waals surface area contributed by atoms with Crippen molar-refractivity contribution in [1.29, 1.82) is 0 Å². The summed E-state index contributed by atoms with van der Waals surface area (Å²) in [7, 11) is 2.80. The number of nitrogens with two attached hydrogens (primary N) is 1. The molecule has 1 aromatic rings. The molecule has 34 heavy (non-hydrogen) atoms. The first-order valence-corrected chi connectivity index (χ1v) is 10.1. The van der Waals surface area contributed by atoms with Gasteiger partial charge in [0, 0.05) is 37.7 Å². The monoisotopic (exact) mass is 500 g/mol. The Morgan fingerprint density at radius 2 is 1.71 bits per heavy atom. The number of primary amides is 1. The van der Waals surface area contributed by atoms with E-state index in [-0.39, 0.29) is 48.9 Å². The van der Waals surface area contributed by atoms with Crippen molar-refractivity contribution in [2.24, 2.45) is 17.6 Å². The molecule has 4 rings (SSSR count). The third-order valence-electron chi connectivity index (χ3n) is 7.03. The quantitative estimate of drug-likeness (QED) is 0.180. The number of benzene rings is 1. The van der Waals surface area contributed by atoms with Crippen LogP contribution < -0.4 is 5.73 Å². The summed E-state index contributed by atoms with van der Waals surface area (Å²) in [6.45, 7) is 1.25. The number of aliphatic hydroxyl groups is 5. The number of likely N-dealkylation sites (N-methyl/N-ethyl adjacent to an activating group) is 1. The fourth-order valence-electron chi connectivity index (χ4n) is 5.60. The van der Waals surface area contributed by atoms with Gasteiger partial charge in [0.2, 0.25) is 5.78 Å². The minimum Gasteiger partial charge on any atom is -0.508 e. The van der Waals surface area contributed by atoms with Gasteiger partial charge in [0.25, 0.3) is 5.91 Å². The molecule has 6 atom stereocenters. The number of rotatable bonds is 2. The van der Waals surface area contributed by atoms with Crippen molar-refractivity contribution < 1.29 is 45.0 Å². The van der Waals surface area contributed by atoms with Gasteiger partial charge in [-0.05, 0) is 32.6 Å². The molecule has 1 fully saturated rings. The van der Waals surface area contributed by atoms with Gasteiger partial charge in [-0.3, -0.25) is 19.3 Å². The Bertz CT molecular complexity index is 1190. The second kappa shape index (κ2) is 8.30. The summed E-state index contributed by atoms with van der Waals surface area (Å²) in [5.41, 5.74) is -1.78. The van der Waals surface area contributed by atoms with Gasteiger partial charge in [0.1, 0.15) is 22.8 Å². The normalized spacial score (nSPS) is 34.9. The number of phenolic OH excluding ortho intramolecular Hbond substituents is 1. The molecule has 1 aromatic carbocycles. The van der Waals surface area contributed by atoms with Gasteiger partial charge in [-0.2, -0.15) is 0 Å². The van der Waals surface area contributed by atoms with E-state index in [0.29, 0.717) is 0 Å². The molecule has 0 heterocycles. The van der Waals surface area contributed by atoms with Crippen LogP contribution >= 0.6 is 0 Å². The summed E-state index contributed by atoms with van der Waals surface area (Å²) in [6, 6.07) is 2.50. The second-order valence-electron chi connectivity index (χ2n) is 9.06. The molecular formula is C22H24CaN2O9. The number of nitrogens with zero attached hydrogens (tertiary/aromatic N) is 1. The molecule has 0 saturated heterocycles. The Hall–Kier alpha value is -1.99. The first-order chi connectivity index (χ1) is 15.2. The maximum absolute atomic E-state index is 13.7. The molecule has 0 spiro atoms. The van der Waals surface area contributed by atoms with Crippen LogP contribution in [0.4, 0.5) is 0 Å². The zero-order valence-corrected chi connectivity index (χ0v) is 20.9. The fourth-order valence-corrected chi connectivity index (χ4v) is 5.60. The predicted molar refractivity (Wildman–Crippen MR) is 117 cm³/mol. The van der Waals surface area contributed by atoms with Crippen LogP contribution in [0.15, 0.2) is 35.1 Å². The van der Waals surface area contributed by atoms with Crippen molar-refractivity contribution >= 4 is 61.0 Å². The molecular weight excluding hydrogens is 476 g/mol. The number of fused-ring (bicyclic) bond motifs is 3. The number of aromatic hydroxyl groups is 1. The van der Waals surface area contributed by atoms with Gasteiger partial charge in [-0.25, -0.2) is 0 Å². The van der Waals surface area contributed by atoms with Crippen molar-refractivity contribution in [3.05, 3.63) is 46.2 Å². The summed E-state index contributed by atoms with van der Waals surface area (Å²) in [6.07, 6.45) is -1.87. The smallest absolute Gasteiger partial charge is 0.255 e. The van der Waals surface area contributed by atoms with Crippen molar-refractivity contribution in [1.82, 2.24) is 4.90 Å². The number of hydrogen-bond acceptors (Lipinski definition) is 10. The van der Waals surface area contributed by atoms with Gasteiger partial charge in [0.15, 0.2) is 11.4 Å². The van der Waals surface area contributed by atoms with E-state index in [0.717, 1.165) is 0 Å². The fraction of sp³-hybridized carbons (Fsp3) is 0.409. The Kier molecular flexibility index (Phi) is 6.50. The van der Waals surface area contributed by atoms with Crippen molar-refractivity contribution in [2.75, 3.05) is 14.1 Å². The van der Waals surface area contributed by atoms with Gasteiger partial charge in [-0.15, -0.1) is 0 Å². The van der Waals surface area contributed by atoms with Crippen LogP contribution in [-0.2, 0) is 20.0 Å². The summed E-state index contributed by atoms with van der Waals surface area (Å²) in [5, 5.41) is 66.3. The van der Waals surface area contributed by atoms with Crippen LogP contribution in [0, 0.1) is 11.8 Å². The number of Topliss-reactive ketones (excluding diaryl/α,β-unsaturated/α-hetero) is 2. The molecule has 0 unspecified atom stereocenters. The number of carbonyl (C=O) groups excluding carboxylic acids is 3. The van der Waals surface area contributed by atoms with Crippen LogP contribution in [0.2, 0.25) is 0 Å². The zero-order valence-electron chi connectivity index (χ0n) is 18.7. The Morgan fingerprint density at radius 1 is 1.12 bits per heavy atom. The standard InChI is InChI=1S/C22H24N2O9.Ca/c1-21(32)7-5-4-6-8(25)9(7)15(26)10-12(21)17(28)13-14(24(2)3)16(27)11(20(23)31)19(30)22(13,33)18(10)29;/h4-6,12-14,17,25-26,28,30,32-33H,1-3H3,(H2,23,31);/t12-,13-,14+,17+,21-,22+;/m1./s1. The van der Waals surface area contributed by atoms with Gasteiger partial charge in [-0.1, -0.05) is 12.1 Å². The number of carbonyl (C=O) groups is 3. The van der Waals surface area contributed by atoms with E-state index in [1.807, 2.05) is 0 Å². The molecule has 1 saturated carbocycles.